The minimum atomic E-state index is -0.770. The Balaban J connectivity index is 2.31. The second-order valence-electron chi connectivity index (χ2n) is 5.83. The first-order valence-corrected chi connectivity index (χ1v) is 7.89. The van der Waals surface area contributed by atoms with Crippen molar-refractivity contribution in [3.05, 3.63) is 60.2 Å². The second-order valence-corrected chi connectivity index (χ2v) is 5.83. The van der Waals surface area contributed by atoms with E-state index < -0.39 is 18.9 Å². The molecular weight excluding hydrogens is 311 g/mol. The molecule has 0 aromatic heterocycles. The average molecular weight is 331 g/mol. The molecule has 2 aromatic rings. The molecule has 0 aliphatic carbocycles. The van der Waals surface area contributed by atoms with Gasteiger partial charge in [-0.3, -0.25) is 4.79 Å². The van der Waals surface area contributed by atoms with E-state index in [0.29, 0.717) is 10.9 Å². The van der Waals surface area contributed by atoms with Crippen LogP contribution in [-0.4, -0.2) is 18.9 Å². The van der Waals surface area contributed by atoms with Gasteiger partial charge in [0.25, 0.3) is 0 Å². The van der Waals surface area contributed by atoms with Gasteiger partial charge in [-0.15, -0.1) is 0 Å². The van der Waals surface area contributed by atoms with Crippen molar-refractivity contribution in [2.45, 2.75) is 26.3 Å². The molecule has 0 aliphatic rings. The van der Waals surface area contributed by atoms with Gasteiger partial charge in [-0.25, -0.2) is 8.78 Å². The predicted octanol–water partition coefficient (Wildman–Crippen LogP) is 1.99. The summed E-state index contributed by atoms with van der Waals surface area (Å²) in [5.74, 6) is -1.35. The van der Waals surface area contributed by atoms with Gasteiger partial charge in [0.05, 0.1) is 0 Å². The molecule has 0 radical (unpaired) electrons. The van der Waals surface area contributed by atoms with Crippen LogP contribution in [0.4, 0.5) is 8.78 Å². The summed E-state index contributed by atoms with van der Waals surface area (Å²) in [6, 6.07) is 10.5. The van der Waals surface area contributed by atoms with Crippen LogP contribution in [0.2, 0.25) is 0 Å². The smallest absolute Gasteiger partial charge is 0.429 e. The van der Waals surface area contributed by atoms with E-state index in [1.165, 1.54) is 48.5 Å². The molecule has 24 heavy (non-hydrogen) atoms. The second kappa shape index (κ2) is 8.06. The maximum absolute atomic E-state index is 13.2. The topological polar surface area (TPSA) is 52.3 Å². The third kappa shape index (κ3) is 4.42. The molecule has 2 N–H and O–H groups in total. The Morgan fingerprint density at radius 3 is 1.83 bits per heavy atom. The number of halogens is 2. The molecule has 126 valence electrons. The molecule has 0 saturated carbocycles. The van der Waals surface area contributed by atoms with Crippen LogP contribution in [0.25, 0.3) is 0 Å². The Bertz CT molecular complexity index is 631. The molecule has 0 amide bonds. The number of benzene rings is 2. The maximum atomic E-state index is 13.2. The number of hydrogen-bond donors (Lipinski definition) is 1. The number of rotatable bonds is 6. The molecule has 2 rings (SSSR count). The standard InChI is InChI=1S/C18H20BF2NO2/c1-3-12(2)17(22)18(23)24-19(13-4-8-15(20)9-5-13)14-6-10-16(21)11-7-14/h4-12,17H,3,22H2,1-2H3/t12-,17-/m0/s1. The Labute approximate surface area is 140 Å². The maximum Gasteiger partial charge on any atom is 0.429 e. The van der Waals surface area contributed by atoms with Crippen LogP contribution in [0.5, 0.6) is 0 Å². The zero-order chi connectivity index (χ0) is 17.7. The van der Waals surface area contributed by atoms with Crippen LogP contribution in [0.15, 0.2) is 48.5 Å². The fourth-order valence-electron chi connectivity index (χ4n) is 2.28. The van der Waals surface area contributed by atoms with Crippen LogP contribution in [-0.2, 0) is 9.45 Å². The summed E-state index contributed by atoms with van der Waals surface area (Å²) in [7, 11) is 0. The highest BCUT2D eigenvalue weighted by atomic mass is 19.1. The summed E-state index contributed by atoms with van der Waals surface area (Å²) < 4.78 is 31.9. The quantitative estimate of drug-likeness (QED) is 0.824. The molecule has 0 unspecified atom stereocenters. The van der Waals surface area contributed by atoms with Crippen molar-refractivity contribution < 1.29 is 18.2 Å². The average Bonchev–Trinajstić information content (AvgIpc) is 2.60. The van der Waals surface area contributed by atoms with Crippen LogP contribution >= 0.6 is 0 Å². The molecular formula is C18H20BF2NO2. The summed E-state index contributed by atoms with van der Waals surface area (Å²) in [4.78, 5) is 12.3. The molecule has 2 aromatic carbocycles. The summed E-state index contributed by atoms with van der Waals surface area (Å²) in [6.07, 6.45) is 0.744. The van der Waals surface area contributed by atoms with E-state index in [4.69, 9.17) is 10.4 Å². The summed E-state index contributed by atoms with van der Waals surface area (Å²) >= 11 is 0. The zero-order valence-corrected chi connectivity index (χ0v) is 13.7. The fraction of sp³-hybridized carbons (Fsp3) is 0.278. The Morgan fingerprint density at radius 1 is 1.04 bits per heavy atom. The Morgan fingerprint density at radius 2 is 1.46 bits per heavy atom. The summed E-state index contributed by atoms with van der Waals surface area (Å²) in [6.45, 7) is 3.04. The normalized spacial score (nSPS) is 13.2. The monoisotopic (exact) mass is 331 g/mol. The van der Waals surface area contributed by atoms with Crippen molar-refractivity contribution in [3.63, 3.8) is 0 Å². The number of carbonyl (C=O) groups excluding carboxylic acids is 1. The molecule has 3 nitrogen and oxygen atoms in total. The summed E-state index contributed by atoms with van der Waals surface area (Å²) in [5, 5.41) is 0. The summed E-state index contributed by atoms with van der Waals surface area (Å²) in [5.41, 5.74) is 7.11. The van der Waals surface area contributed by atoms with E-state index in [2.05, 4.69) is 0 Å². The van der Waals surface area contributed by atoms with Gasteiger partial charge in [-0.2, -0.15) is 0 Å². The molecule has 0 spiro atoms. The van der Waals surface area contributed by atoms with E-state index in [1.807, 2.05) is 13.8 Å². The van der Waals surface area contributed by atoms with Gasteiger partial charge in [0.1, 0.15) is 17.7 Å². The van der Waals surface area contributed by atoms with E-state index in [-0.39, 0.29) is 17.6 Å². The third-order valence-electron chi connectivity index (χ3n) is 4.11. The SMILES string of the molecule is CC[C@H](C)[C@H](N)C(=O)OB(c1ccc(F)cc1)c1ccc(F)cc1. The lowest BCUT2D eigenvalue weighted by molar-refractivity contribution is -0.137. The van der Waals surface area contributed by atoms with Crippen molar-refractivity contribution in [1.29, 1.82) is 0 Å². The highest BCUT2D eigenvalue weighted by molar-refractivity contribution is 6.81. The van der Waals surface area contributed by atoms with Crippen LogP contribution in [0.3, 0.4) is 0 Å². The van der Waals surface area contributed by atoms with Crippen molar-refractivity contribution >= 4 is 23.8 Å². The number of hydrogen-bond acceptors (Lipinski definition) is 3. The van der Waals surface area contributed by atoms with Gasteiger partial charge in [0, 0.05) is 0 Å². The minimum absolute atomic E-state index is 0.0282. The van der Waals surface area contributed by atoms with Gasteiger partial charge in [0.15, 0.2) is 0 Å². The predicted molar refractivity (Wildman–Crippen MR) is 91.3 cm³/mol. The lowest BCUT2D eigenvalue weighted by Crippen LogP contribution is -2.50. The van der Waals surface area contributed by atoms with Gasteiger partial charge in [-0.1, -0.05) is 44.5 Å². The van der Waals surface area contributed by atoms with E-state index in [1.54, 1.807) is 0 Å². The largest absolute Gasteiger partial charge is 0.525 e. The van der Waals surface area contributed by atoms with E-state index in [0.717, 1.165) is 6.42 Å². The van der Waals surface area contributed by atoms with E-state index >= 15 is 0 Å². The van der Waals surface area contributed by atoms with Crippen molar-refractivity contribution in [3.8, 4) is 0 Å². The first-order chi connectivity index (χ1) is 11.4. The van der Waals surface area contributed by atoms with E-state index in [9.17, 15) is 13.6 Å². The first kappa shape index (κ1) is 18.1. The lowest BCUT2D eigenvalue weighted by atomic mass is 9.55. The van der Waals surface area contributed by atoms with Crippen molar-refractivity contribution in [2.75, 3.05) is 0 Å². The van der Waals surface area contributed by atoms with Gasteiger partial charge in [-0.05, 0) is 41.1 Å². The third-order valence-corrected chi connectivity index (χ3v) is 4.11. The van der Waals surface area contributed by atoms with Crippen LogP contribution < -0.4 is 16.7 Å². The molecule has 0 heterocycles. The molecule has 0 bridgehead atoms. The molecule has 0 saturated heterocycles. The highest BCUT2D eigenvalue weighted by Gasteiger charge is 2.30. The first-order valence-electron chi connectivity index (χ1n) is 7.89. The molecule has 2 atom stereocenters. The Kier molecular flexibility index (Phi) is 6.09. The number of nitrogens with two attached hydrogens (primary N) is 1. The van der Waals surface area contributed by atoms with Gasteiger partial charge in [0.2, 0.25) is 0 Å². The molecule has 6 heteroatoms. The van der Waals surface area contributed by atoms with Crippen LogP contribution in [0, 0.1) is 17.6 Å². The van der Waals surface area contributed by atoms with Crippen molar-refractivity contribution in [1.82, 2.24) is 0 Å². The Hall–Kier alpha value is -2.21. The highest BCUT2D eigenvalue weighted by Crippen LogP contribution is 2.08. The molecule has 0 fully saturated rings. The van der Waals surface area contributed by atoms with Gasteiger partial charge < -0.3 is 10.4 Å². The zero-order valence-electron chi connectivity index (χ0n) is 13.7. The van der Waals surface area contributed by atoms with Gasteiger partial charge >= 0.3 is 12.9 Å². The minimum Gasteiger partial charge on any atom is -0.525 e. The number of carbonyl (C=O) groups is 1. The van der Waals surface area contributed by atoms with Crippen LogP contribution in [0.1, 0.15) is 20.3 Å². The van der Waals surface area contributed by atoms with Crippen molar-refractivity contribution in [2.24, 2.45) is 11.7 Å². The lowest BCUT2D eigenvalue weighted by Gasteiger charge is -2.21. The fourth-order valence-corrected chi connectivity index (χ4v) is 2.28. The molecule has 0 aliphatic heterocycles.